The smallest absolute Gasteiger partial charge is 0.278 e. The first-order chi connectivity index (χ1) is 15.8. The molecule has 0 aliphatic heterocycles. The lowest BCUT2D eigenvalue weighted by molar-refractivity contribution is 0.101. The number of nitrogens with zero attached hydrogens (tertiary/aromatic N) is 3. The molecule has 0 radical (unpaired) electrons. The number of nitrogens with one attached hydrogen (secondary N) is 1. The summed E-state index contributed by atoms with van der Waals surface area (Å²) in [6.45, 7) is 8.20. The molecule has 2 aromatic carbocycles. The Labute approximate surface area is 197 Å². The van der Waals surface area contributed by atoms with E-state index in [0.29, 0.717) is 40.0 Å². The number of amides is 1. The first-order valence-electron chi connectivity index (χ1n) is 10.6. The standard InChI is InChI=1S/C25H25ClN4O3/c1-15-9-11-20(12-10-15)32-14-21-18(4)33-29-24(21)25(31)27-23-16(2)28-30(17(23)3)13-19-7-5-6-8-22(19)26/h5-12H,13-14H2,1-4H3,(H,27,31). The van der Waals surface area contributed by atoms with E-state index >= 15 is 0 Å². The molecule has 170 valence electrons. The summed E-state index contributed by atoms with van der Waals surface area (Å²) in [6.07, 6.45) is 0. The second-order valence-corrected chi connectivity index (χ2v) is 8.32. The van der Waals surface area contributed by atoms with Crippen LogP contribution in [0.25, 0.3) is 0 Å². The van der Waals surface area contributed by atoms with E-state index in [1.165, 1.54) is 0 Å². The fourth-order valence-corrected chi connectivity index (χ4v) is 3.72. The summed E-state index contributed by atoms with van der Waals surface area (Å²) in [5.74, 6) is 0.869. The number of carbonyl (C=O) groups is 1. The quantitative estimate of drug-likeness (QED) is 0.383. The van der Waals surface area contributed by atoms with Gasteiger partial charge in [0.15, 0.2) is 5.69 Å². The van der Waals surface area contributed by atoms with E-state index in [0.717, 1.165) is 16.8 Å². The topological polar surface area (TPSA) is 82.2 Å². The molecule has 0 bridgehead atoms. The summed E-state index contributed by atoms with van der Waals surface area (Å²) in [5.41, 5.74) is 5.04. The summed E-state index contributed by atoms with van der Waals surface area (Å²) in [5, 5.41) is 12.2. The van der Waals surface area contributed by atoms with Crippen molar-refractivity contribution in [3.63, 3.8) is 0 Å². The van der Waals surface area contributed by atoms with Crippen LogP contribution in [0.3, 0.4) is 0 Å². The van der Waals surface area contributed by atoms with Gasteiger partial charge < -0.3 is 14.6 Å². The van der Waals surface area contributed by atoms with Gasteiger partial charge in [0.25, 0.3) is 5.91 Å². The number of rotatable bonds is 7. The highest BCUT2D eigenvalue weighted by Gasteiger charge is 2.23. The zero-order valence-electron chi connectivity index (χ0n) is 19.0. The van der Waals surface area contributed by atoms with Gasteiger partial charge in [-0.2, -0.15) is 5.10 Å². The van der Waals surface area contributed by atoms with Gasteiger partial charge in [-0.15, -0.1) is 0 Å². The minimum Gasteiger partial charge on any atom is -0.489 e. The second kappa shape index (κ2) is 9.50. The van der Waals surface area contributed by atoms with Crippen LogP contribution in [0.1, 0.15) is 44.3 Å². The van der Waals surface area contributed by atoms with Gasteiger partial charge in [-0.3, -0.25) is 9.48 Å². The largest absolute Gasteiger partial charge is 0.489 e. The van der Waals surface area contributed by atoms with Crippen molar-refractivity contribution >= 4 is 23.2 Å². The Morgan fingerprint density at radius 2 is 1.82 bits per heavy atom. The van der Waals surface area contributed by atoms with Crippen molar-refractivity contribution in [2.24, 2.45) is 0 Å². The third kappa shape index (κ3) is 4.93. The predicted molar refractivity (Wildman–Crippen MR) is 127 cm³/mol. The van der Waals surface area contributed by atoms with Crippen molar-refractivity contribution in [3.05, 3.63) is 93.1 Å². The molecular formula is C25H25ClN4O3. The highest BCUT2D eigenvalue weighted by atomic mass is 35.5. The lowest BCUT2D eigenvalue weighted by Gasteiger charge is -2.09. The van der Waals surface area contributed by atoms with E-state index in [2.05, 4.69) is 15.6 Å². The fraction of sp³-hybridized carbons (Fsp3) is 0.240. The van der Waals surface area contributed by atoms with Crippen molar-refractivity contribution in [1.29, 1.82) is 0 Å². The minimum absolute atomic E-state index is 0.172. The first kappa shape index (κ1) is 22.6. The number of carbonyl (C=O) groups excluding carboxylic acids is 1. The predicted octanol–water partition coefficient (Wildman–Crippen LogP) is 5.64. The van der Waals surface area contributed by atoms with Crippen LogP contribution in [-0.2, 0) is 13.2 Å². The van der Waals surface area contributed by atoms with Crippen LogP contribution >= 0.6 is 11.6 Å². The van der Waals surface area contributed by atoms with Crippen LogP contribution in [-0.4, -0.2) is 20.8 Å². The zero-order chi connectivity index (χ0) is 23.5. The number of aryl methyl sites for hydroxylation is 3. The number of ether oxygens (including phenoxy) is 1. The van der Waals surface area contributed by atoms with Crippen molar-refractivity contribution in [2.75, 3.05) is 5.32 Å². The van der Waals surface area contributed by atoms with Crippen LogP contribution in [0.4, 0.5) is 5.69 Å². The van der Waals surface area contributed by atoms with Crippen LogP contribution in [0.5, 0.6) is 5.75 Å². The Balaban J connectivity index is 1.51. The van der Waals surface area contributed by atoms with Gasteiger partial charge in [0, 0.05) is 5.02 Å². The van der Waals surface area contributed by atoms with E-state index in [1.807, 2.05) is 74.0 Å². The van der Waals surface area contributed by atoms with Crippen molar-refractivity contribution in [3.8, 4) is 5.75 Å². The van der Waals surface area contributed by atoms with Gasteiger partial charge in [-0.1, -0.05) is 52.7 Å². The molecule has 1 N–H and O–H groups in total. The Morgan fingerprint density at radius 3 is 2.55 bits per heavy atom. The van der Waals surface area contributed by atoms with Gasteiger partial charge >= 0.3 is 0 Å². The van der Waals surface area contributed by atoms with E-state index in [4.69, 9.17) is 20.9 Å². The van der Waals surface area contributed by atoms with E-state index in [-0.39, 0.29) is 18.2 Å². The molecular weight excluding hydrogens is 440 g/mol. The number of halogens is 1. The minimum atomic E-state index is -0.377. The van der Waals surface area contributed by atoms with Crippen LogP contribution in [0.2, 0.25) is 5.02 Å². The molecule has 0 aliphatic carbocycles. The molecule has 4 rings (SSSR count). The Bertz CT molecular complexity index is 1290. The molecule has 0 aliphatic rings. The number of hydrogen-bond acceptors (Lipinski definition) is 5. The molecule has 7 nitrogen and oxygen atoms in total. The monoisotopic (exact) mass is 464 g/mol. The summed E-state index contributed by atoms with van der Waals surface area (Å²) in [4.78, 5) is 13.1. The Hall–Kier alpha value is -3.58. The molecule has 33 heavy (non-hydrogen) atoms. The third-order valence-electron chi connectivity index (χ3n) is 5.50. The van der Waals surface area contributed by atoms with Crippen molar-refractivity contribution < 1.29 is 14.1 Å². The maximum absolute atomic E-state index is 13.1. The Kier molecular flexibility index (Phi) is 6.51. The summed E-state index contributed by atoms with van der Waals surface area (Å²) in [7, 11) is 0. The molecule has 2 heterocycles. The molecule has 0 atom stereocenters. The molecule has 0 spiro atoms. The zero-order valence-corrected chi connectivity index (χ0v) is 19.7. The van der Waals surface area contributed by atoms with Gasteiger partial charge in [0.2, 0.25) is 0 Å². The van der Waals surface area contributed by atoms with E-state index in [1.54, 1.807) is 6.92 Å². The number of hydrogen-bond donors (Lipinski definition) is 1. The maximum Gasteiger partial charge on any atom is 0.278 e. The van der Waals surface area contributed by atoms with Gasteiger partial charge in [0.05, 0.1) is 29.2 Å². The molecule has 0 unspecified atom stereocenters. The normalized spacial score (nSPS) is 10.9. The molecule has 0 saturated carbocycles. The molecule has 0 saturated heterocycles. The molecule has 8 heteroatoms. The summed E-state index contributed by atoms with van der Waals surface area (Å²) < 4.78 is 13.0. The second-order valence-electron chi connectivity index (χ2n) is 7.92. The van der Waals surface area contributed by atoms with Crippen LogP contribution in [0, 0.1) is 27.7 Å². The van der Waals surface area contributed by atoms with Gasteiger partial charge in [-0.05, 0) is 51.5 Å². The summed E-state index contributed by atoms with van der Waals surface area (Å²) >= 11 is 6.30. The number of anilines is 1. The average Bonchev–Trinajstić information content (AvgIpc) is 3.29. The number of benzene rings is 2. The van der Waals surface area contributed by atoms with Crippen LogP contribution in [0.15, 0.2) is 53.1 Å². The van der Waals surface area contributed by atoms with Crippen LogP contribution < -0.4 is 10.1 Å². The molecule has 0 fully saturated rings. The van der Waals surface area contributed by atoms with Crippen molar-refractivity contribution in [2.45, 2.75) is 40.8 Å². The van der Waals surface area contributed by atoms with E-state index < -0.39 is 0 Å². The maximum atomic E-state index is 13.1. The van der Waals surface area contributed by atoms with Gasteiger partial charge in [0.1, 0.15) is 18.1 Å². The highest BCUT2D eigenvalue weighted by molar-refractivity contribution is 6.31. The molecule has 1 amide bonds. The lowest BCUT2D eigenvalue weighted by Crippen LogP contribution is -2.16. The molecule has 4 aromatic rings. The average molecular weight is 465 g/mol. The SMILES string of the molecule is Cc1ccc(OCc2c(C(=O)Nc3c(C)nn(Cc4ccccc4Cl)c3C)noc2C)cc1. The first-order valence-corrected chi connectivity index (χ1v) is 10.9. The lowest BCUT2D eigenvalue weighted by atomic mass is 10.2. The van der Waals surface area contributed by atoms with Gasteiger partial charge in [-0.25, -0.2) is 0 Å². The molecule has 2 aromatic heterocycles. The fourth-order valence-electron chi connectivity index (χ4n) is 3.52. The summed E-state index contributed by atoms with van der Waals surface area (Å²) in [6, 6.07) is 15.3. The van der Waals surface area contributed by atoms with Crippen molar-refractivity contribution in [1.82, 2.24) is 14.9 Å². The number of aromatic nitrogens is 3. The third-order valence-corrected chi connectivity index (χ3v) is 5.87. The van der Waals surface area contributed by atoms with E-state index in [9.17, 15) is 4.79 Å². The highest BCUT2D eigenvalue weighted by Crippen LogP contribution is 2.25. The Morgan fingerprint density at radius 1 is 1.09 bits per heavy atom.